The maximum Gasteiger partial charge on any atom is 0.323 e. The van der Waals surface area contributed by atoms with Crippen LogP contribution in [0.3, 0.4) is 0 Å². The van der Waals surface area contributed by atoms with Crippen molar-refractivity contribution in [3.05, 3.63) is 35.9 Å². The van der Waals surface area contributed by atoms with E-state index in [1.807, 2.05) is 30.3 Å². The molecule has 1 aliphatic rings. The number of carboxylic acid groups (broad SMARTS) is 1. The minimum Gasteiger partial charge on any atom is -0.480 e. The Hall–Kier alpha value is -1.35. The third kappa shape index (κ3) is 3.40. The maximum absolute atomic E-state index is 11.8. The van der Waals surface area contributed by atoms with E-state index in [2.05, 4.69) is 19.2 Å². The topological polar surface area (TPSA) is 49.3 Å². The number of hydrogen-bond donors (Lipinski definition) is 2. The van der Waals surface area contributed by atoms with Gasteiger partial charge in [0.25, 0.3) is 0 Å². The predicted molar refractivity (Wildman–Crippen MR) is 80.4 cm³/mol. The number of rotatable bonds is 5. The molecular formula is C17H25NO2. The van der Waals surface area contributed by atoms with Gasteiger partial charge in [0, 0.05) is 6.54 Å². The third-order valence-electron chi connectivity index (χ3n) is 4.62. The lowest BCUT2D eigenvalue weighted by molar-refractivity contribution is -0.147. The summed E-state index contributed by atoms with van der Waals surface area (Å²) < 4.78 is 0. The number of hydrogen-bond acceptors (Lipinski definition) is 2. The molecule has 0 bridgehead atoms. The zero-order valence-electron chi connectivity index (χ0n) is 12.4. The number of benzene rings is 1. The summed E-state index contributed by atoms with van der Waals surface area (Å²) in [6, 6.07) is 10.0. The molecule has 0 aliphatic heterocycles. The quantitative estimate of drug-likeness (QED) is 0.865. The third-order valence-corrected chi connectivity index (χ3v) is 4.62. The predicted octanol–water partition coefficient (Wildman–Crippen LogP) is 3.45. The van der Waals surface area contributed by atoms with E-state index in [1.165, 1.54) is 0 Å². The molecule has 20 heavy (non-hydrogen) atoms. The lowest BCUT2D eigenvalue weighted by atomic mass is 9.71. The van der Waals surface area contributed by atoms with Gasteiger partial charge in [-0.1, -0.05) is 57.0 Å². The number of carbonyl (C=O) groups is 1. The first-order chi connectivity index (χ1) is 9.53. The van der Waals surface area contributed by atoms with E-state index >= 15 is 0 Å². The molecule has 0 spiro atoms. The van der Waals surface area contributed by atoms with Crippen LogP contribution in [-0.4, -0.2) is 16.6 Å². The standard InChI is InChI=1S/C17H25NO2/c1-13(2)15-9-6-10-17(11-15,16(19)20)18-12-14-7-4-3-5-8-14/h3-5,7-8,13,15,18H,6,9-12H2,1-2H3,(H,19,20). The van der Waals surface area contributed by atoms with Gasteiger partial charge in [-0.05, 0) is 30.2 Å². The van der Waals surface area contributed by atoms with Crippen molar-refractivity contribution in [2.45, 2.75) is 51.6 Å². The monoisotopic (exact) mass is 275 g/mol. The maximum atomic E-state index is 11.8. The second-order valence-corrected chi connectivity index (χ2v) is 6.33. The molecule has 3 heteroatoms. The van der Waals surface area contributed by atoms with Crippen LogP contribution in [0.25, 0.3) is 0 Å². The fourth-order valence-corrected chi connectivity index (χ4v) is 3.18. The molecule has 0 saturated heterocycles. The van der Waals surface area contributed by atoms with E-state index in [9.17, 15) is 9.90 Å². The van der Waals surface area contributed by atoms with Gasteiger partial charge in [0.2, 0.25) is 0 Å². The number of nitrogens with one attached hydrogen (secondary N) is 1. The summed E-state index contributed by atoms with van der Waals surface area (Å²) in [5.41, 5.74) is 0.392. The molecule has 110 valence electrons. The van der Waals surface area contributed by atoms with Crippen LogP contribution in [0, 0.1) is 11.8 Å². The number of aliphatic carboxylic acids is 1. The first-order valence-electron chi connectivity index (χ1n) is 7.56. The van der Waals surface area contributed by atoms with Crippen molar-refractivity contribution >= 4 is 5.97 Å². The molecule has 0 heterocycles. The van der Waals surface area contributed by atoms with Crippen LogP contribution in [0.4, 0.5) is 0 Å². The van der Waals surface area contributed by atoms with Gasteiger partial charge in [0.1, 0.15) is 5.54 Å². The van der Waals surface area contributed by atoms with Crippen LogP contribution in [0.15, 0.2) is 30.3 Å². The molecule has 2 atom stereocenters. The van der Waals surface area contributed by atoms with Gasteiger partial charge in [-0.25, -0.2) is 0 Å². The van der Waals surface area contributed by atoms with Gasteiger partial charge in [-0.2, -0.15) is 0 Å². The first-order valence-corrected chi connectivity index (χ1v) is 7.56. The van der Waals surface area contributed by atoms with Crippen molar-refractivity contribution in [1.29, 1.82) is 0 Å². The minimum atomic E-state index is -0.747. The first kappa shape index (κ1) is 15.0. The highest BCUT2D eigenvalue weighted by molar-refractivity contribution is 5.79. The van der Waals surface area contributed by atoms with Crippen LogP contribution in [0.2, 0.25) is 0 Å². The second kappa shape index (κ2) is 6.40. The summed E-state index contributed by atoms with van der Waals surface area (Å²) >= 11 is 0. The zero-order valence-corrected chi connectivity index (χ0v) is 12.4. The Bertz CT molecular complexity index is 444. The molecule has 2 N–H and O–H groups in total. The zero-order chi connectivity index (χ0) is 14.6. The second-order valence-electron chi connectivity index (χ2n) is 6.33. The highest BCUT2D eigenvalue weighted by Crippen LogP contribution is 2.36. The van der Waals surface area contributed by atoms with Crippen molar-refractivity contribution in [3.63, 3.8) is 0 Å². The van der Waals surface area contributed by atoms with E-state index in [-0.39, 0.29) is 0 Å². The molecule has 1 saturated carbocycles. The molecule has 2 rings (SSSR count). The molecule has 1 aromatic rings. The minimum absolute atomic E-state index is 0.503. The summed E-state index contributed by atoms with van der Waals surface area (Å²) in [5, 5.41) is 13.0. The average molecular weight is 275 g/mol. The fourth-order valence-electron chi connectivity index (χ4n) is 3.18. The molecule has 0 aromatic heterocycles. The van der Waals surface area contributed by atoms with Gasteiger partial charge in [0.05, 0.1) is 0 Å². The van der Waals surface area contributed by atoms with Gasteiger partial charge >= 0.3 is 5.97 Å². The highest BCUT2D eigenvalue weighted by atomic mass is 16.4. The Balaban J connectivity index is 2.07. The molecule has 2 unspecified atom stereocenters. The van der Waals surface area contributed by atoms with Crippen LogP contribution >= 0.6 is 0 Å². The van der Waals surface area contributed by atoms with Crippen molar-refractivity contribution in [1.82, 2.24) is 5.32 Å². The van der Waals surface area contributed by atoms with Crippen LogP contribution in [0.5, 0.6) is 0 Å². The molecule has 3 nitrogen and oxygen atoms in total. The average Bonchev–Trinajstić information content (AvgIpc) is 2.46. The summed E-state index contributed by atoms with van der Waals surface area (Å²) in [7, 11) is 0. The van der Waals surface area contributed by atoms with E-state index in [0.717, 1.165) is 31.2 Å². The summed E-state index contributed by atoms with van der Waals surface area (Å²) in [6.45, 7) is 5.01. The smallest absolute Gasteiger partial charge is 0.323 e. The lowest BCUT2D eigenvalue weighted by Gasteiger charge is -2.40. The van der Waals surface area contributed by atoms with Crippen molar-refractivity contribution in [2.75, 3.05) is 0 Å². The Kier molecular flexibility index (Phi) is 4.81. The summed E-state index contributed by atoms with van der Waals surface area (Å²) in [4.78, 5) is 11.8. The molecule has 1 fully saturated rings. The van der Waals surface area contributed by atoms with Crippen molar-refractivity contribution < 1.29 is 9.90 Å². The van der Waals surface area contributed by atoms with Crippen LogP contribution in [0.1, 0.15) is 45.1 Å². The van der Waals surface area contributed by atoms with E-state index < -0.39 is 11.5 Å². The van der Waals surface area contributed by atoms with Gasteiger partial charge in [-0.3, -0.25) is 10.1 Å². The van der Waals surface area contributed by atoms with Crippen molar-refractivity contribution in [3.8, 4) is 0 Å². The Morgan fingerprint density at radius 2 is 2.10 bits per heavy atom. The molecule has 1 aliphatic carbocycles. The van der Waals surface area contributed by atoms with Crippen LogP contribution in [-0.2, 0) is 11.3 Å². The highest BCUT2D eigenvalue weighted by Gasteiger charge is 2.43. The number of carboxylic acids is 1. The Morgan fingerprint density at radius 3 is 2.70 bits per heavy atom. The Labute approximate surface area is 121 Å². The van der Waals surface area contributed by atoms with Gasteiger partial charge < -0.3 is 5.11 Å². The summed E-state index contributed by atoms with van der Waals surface area (Å²) in [5.74, 6) is 0.356. The van der Waals surface area contributed by atoms with Crippen LogP contribution < -0.4 is 5.32 Å². The fraction of sp³-hybridized carbons (Fsp3) is 0.588. The largest absolute Gasteiger partial charge is 0.480 e. The Morgan fingerprint density at radius 1 is 1.40 bits per heavy atom. The molecule has 0 radical (unpaired) electrons. The molecule has 0 amide bonds. The lowest BCUT2D eigenvalue weighted by Crippen LogP contribution is -2.55. The van der Waals surface area contributed by atoms with Gasteiger partial charge in [0.15, 0.2) is 0 Å². The molecular weight excluding hydrogens is 250 g/mol. The SMILES string of the molecule is CC(C)C1CCCC(NCc2ccccc2)(C(=O)O)C1. The van der Waals surface area contributed by atoms with Crippen molar-refractivity contribution in [2.24, 2.45) is 11.8 Å². The van der Waals surface area contributed by atoms with Gasteiger partial charge in [-0.15, -0.1) is 0 Å². The van der Waals surface area contributed by atoms with E-state index in [1.54, 1.807) is 0 Å². The van der Waals surface area contributed by atoms with E-state index in [0.29, 0.717) is 18.4 Å². The van der Waals surface area contributed by atoms with E-state index in [4.69, 9.17) is 0 Å². The summed E-state index contributed by atoms with van der Waals surface area (Å²) in [6.07, 6.45) is 3.63. The normalized spacial score (nSPS) is 26.6. The molecule has 1 aromatic carbocycles.